The minimum atomic E-state index is -4.30. The van der Waals surface area contributed by atoms with E-state index >= 15 is 0 Å². The number of hydrogen-bond donors (Lipinski definition) is 0. The molecule has 0 aliphatic rings. The summed E-state index contributed by atoms with van der Waals surface area (Å²) < 4.78 is 47.3. The lowest BCUT2D eigenvalue weighted by Crippen LogP contribution is -2.18. The first-order chi connectivity index (χ1) is 8.51. The Bertz CT molecular complexity index is 534. The van der Waals surface area contributed by atoms with E-state index in [9.17, 15) is 13.2 Å². The van der Waals surface area contributed by atoms with E-state index in [1.807, 2.05) is 0 Å². The summed E-state index contributed by atoms with van der Waals surface area (Å²) in [6.07, 6.45) is -2.63. The Morgan fingerprint density at radius 3 is 2.67 bits per heavy atom. The van der Waals surface area contributed by atoms with Crippen molar-refractivity contribution in [1.29, 1.82) is 0 Å². The Kier molecular flexibility index (Phi) is 3.47. The maximum atomic E-state index is 12.0. The van der Waals surface area contributed by atoms with Crippen LogP contribution < -0.4 is 4.74 Å². The molecule has 0 N–H and O–H groups in total. The van der Waals surface area contributed by atoms with Crippen molar-refractivity contribution >= 4 is 10.9 Å². The van der Waals surface area contributed by atoms with Gasteiger partial charge in [0.2, 0.25) is 0 Å². The molecule has 0 atom stereocenters. The maximum Gasteiger partial charge on any atom is 0.411 e. The summed E-state index contributed by atoms with van der Waals surface area (Å²) in [4.78, 5) is 0. The summed E-state index contributed by atoms with van der Waals surface area (Å²) in [5.41, 5.74) is 0.775. The van der Waals surface area contributed by atoms with Gasteiger partial charge in [-0.25, -0.2) is 0 Å². The minimum Gasteiger partial charge on any atom is -0.496 e. The summed E-state index contributed by atoms with van der Waals surface area (Å²) in [5, 5.41) is 0.843. The Morgan fingerprint density at radius 2 is 2.00 bits per heavy atom. The molecule has 0 aliphatic heterocycles. The predicted octanol–water partition coefficient (Wildman–Crippen LogP) is 3.19. The van der Waals surface area contributed by atoms with E-state index in [1.165, 1.54) is 0 Å². The van der Waals surface area contributed by atoms with Crippen LogP contribution in [0.5, 0.6) is 5.75 Å². The summed E-state index contributed by atoms with van der Waals surface area (Å²) in [5.74, 6) is 0.682. The van der Waals surface area contributed by atoms with Crippen LogP contribution in [0.3, 0.4) is 0 Å². The van der Waals surface area contributed by atoms with Crippen molar-refractivity contribution in [2.45, 2.75) is 12.9 Å². The molecule has 0 spiro atoms. The summed E-state index contributed by atoms with van der Waals surface area (Å²) in [6, 6.07) is 7.16. The van der Waals surface area contributed by atoms with E-state index < -0.39 is 12.8 Å². The molecule has 6 heteroatoms. The van der Waals surface area contributed by atoms with Crippen LogP contribution in [0.1, 0.15) is 0 Å². The number of aromatic nitrogens is 1. The van der Waals surface area contributed by atoms with E-state index in [1.54, 1.807) is 42.1 Å². The second-order valence-corrected chi connectivity index (χ2v) is 3.77. The van der Waals surface area contributed by atoms with E-state index in [0.717, 1.165) is 10.9 Å². The molecule has 0 fully saturated rings. The van der Waals surface area contributed by atoms with Crippen molar-refractivity contribution in [3.8, 4) is 5.75 Å². The van der Waals surface area contributed by atoms with Gasteiger partial charge in [0.25, 0.3) is 0 Å². The molecule has 0 radical (unpaired) electrons. The van der Waals surface area contributed by atoms with Gasteiger partial charge >= 0.3 is 6.18 Å². The van der Waals surface area contributed by atoms with Crippen molar-refractivity contribution in [2.24, 2.45) is 0 Å². The van der Waals surface area contributed by atoms with Crippen LogP contribution in [0.4, 0.5) is 13.2 Å². The van der Waals surface area contributed by atoms with Gasteiger partial charge in [0.15, 0.2) is 0 Å². The zero-order valence-corrected chi connectivity index (χ0v) is 9.70. The maximum absolute atomic E-state index is 12.0. The van der Waals surface area contributed by atoms with Gasteiger partial charge < -0.3 is 14.0 Å². The van der Waals surface area contributed by atoms with E-state index in [2.05, 4.69) is 4.74 Å². The Hall–Kier alpha value is -1.69. The SMILES string of the molecule is COc1cccc2c1ccn2COCC(F)(F)F. The average molecular weight is 259 g/mol. The third kappa shape index (κ3) is 2.76. The molecule has 0 saturated carbocycles. The number of benzene rings is 1. The molecule has 2 rings (SSSR count). The fourth-order valence-corrected chi connectivity index (χ4v) is 1.75. The first-order valence-corrected chi connectivity index (χ1v) is 5.27. The van der Waals surface area contributed by atoms with Crippen molar-refractivity contribution < 1.29 is 22.6 Å². The topological polar surface area (TPSA) is 23.4 Å². The highest BCUT2D eigenvalue weighted by Gasteiger charge is 2.27. The lowest BCUT2D eigenvalue weighted by molar-refractivity contribution is -0.181. The number of hydrogen-bond acceptors (Lipinski definition) is 2. The molecule has 98 valence electrons. The molecule has 1 heterocycles. The normalized spacial score (nSPS) is 12.0. The molecule has 2 aromatic rings. The molecule has 1 aromatic carbocycles. The zero-order valence-electron chi connectivity index (χ0n) is 9.70. The van der Waals surface area contributed by atoms with E-state index in [-0.39, 0.29) is 6.73 Å². The second kappa shape index (κ2) is 4.89. The molecule has 1 aromatic heterocycles. The highest BCUT2D eigenvalue weighted by Crippen LogP contribution is 2.26. The fraction of sp³-hybridized carbons (Fsp3) is 0.333. The number of halogens is 3. The van der Waals surface area contributed by atoms with Crippen LogP contribution in [-0.4, -0.2) is 24.5 Å². The second-order valence-electron chi connectivity index (χ2n) is 3.77. The van der Waals surface area contributed by atoms with Crippen LogP contribution in [0.2, 0.25) is 0 Å². The molecule has 18 heavy (non-hydrogen) atoms. The van der Waals surface area contributed by atoms with Gasteiger partial charge in [-0.05, 0) is 18.2 Å². The van der Waals surface area contributed by atoms with Gasteiger partial charge in [-0.2, -0.15) is 13.2 Å². The molecular weight excluding hydrogens is 247 g/mol. The van der Waals surface area contributed by atoms with Crippen LogP contribution in [0.15, 0.2) is 30.5 Å². The largest absolute Gasteiger partial charge is 0.496 e. The van der Waals surface area contributed by atoms with Crippen LogP contribution in [0, 0.1) is 0 Å². The molecule has 0 amide bonds. The first-order valence-electron chi connectivity index (χ1n) is 5.27. The van der Waals surface area contributed by atoms with Gasteiger partial charge in [-0.15, -0.1) is 0 Å². The predicted molar refractivity (Wildman–Crippen MR) is 60.5 cm³/mol. The van der Waals surface area contributed by atoms with Crippen molar-refractivity contribution in [2.75, 3.05) is 13.7 Å². The van der Waals surface area contributed by atoms with Gasteiger partial charge in [-0.1, -0.05) is 6.07 Å². The Morgan fingerprint density at radius 1 is 1.22 bits per heavy atom. The smallest absolute Gasteiger partial charge is 0.411 e. The lowest BCUT2D eigenvalue weighted by atomic mass is 10.2. The number of methoxy groups -OCH3 is 1. The molecule has 0 aliphatic carbocycles. The van der Waals surface area contributed by atoms with E-state index in [4.69, 9.17) is 4.74 Å². The number of nitrogens with zero attached hydrogens (tertiary/aromatic N) is 1. The van der Waals surface area contributed by atoms with Crippen LogP contribution >= 0.6 is 0 Å². The number of rotatable bonds is 4. The van der Waals surface area contributed by atoms with Crippen LogP contribution in [0.25, 0.3) is 10.9 Å². The molecule has 0 bridgehead atoms. The van der Waals surface area contributed by atoms with Gasteiger partial charge in [-0.3, -0.25) is 0 Å². The average Bonchev–Trinajstić information content (AvgIpc) is 2.71. The molecule has 3 nitrogen and oxygen atoms in total. The highest BCUT2D eigenvalue weighted by atomic mass is 19.4. The Labute approximate surface area is 102 Å². The van der Waals surface area contributed by atoms with E-state index in [0.29, 0.717) is 5.75 Å². The zero-order chi connectivity index (χ0) is 13.2. The lowest BCUT2D eigenvalue weighted by Gasteiger charge is -2.09. The summed E-state index contributed by atoms with van der Waals surface area (Å²) in [6.45, 7) is -1.40. The van der Waals surface area contributed by atoms with Crippen molar-refractivity contribution in [3.05, 3.63) is 30.5 Å². The number of alkyl halides is 3. The molecular formula is C12H12F3NO2. The third-order valence-electron chi connectivity index (χ3n) is 2.49. The quantitative estimate of drug-likeness (QED) is 0.841. The fourth-order valence-electron chi connectivity index (χ4n) is 1.75. The van der Waals surface area contributed by atoms with Gasteiger partial charge in [0.05, 0.1) is 12.6 Å². The standard InChI is InChI=1S/C12H12F3NO2/c1-17-11-4-2-3-10-9(11)5-6-16(10)8-18-7-12(13,14)15/h2-6H,7-8H2,1H3. The third-order valence-corrected chi connectivity index (χ3v) is 2.49. The minimum absolute atomic E-state index is 0.143. The first kappa shape index (κ1) is 12.8. The monoisotopic (exact) mass is 259 g/mol. The van der Waals surface area contributed by atoms with Gasteiger partial charge in [0, 0.05) is 11.6 Å². The molecule has 0 unspecified atom stereocenters. The summed E-state index contributed by atoms with van der Waals surface area (Å²) >= 11 is 0. The number of fused-ring (bicyclic) bond motifs is 1. The van der Waals surface area contributed by atoms with Crippen molar-refractivity contribution in [3.63, 3.8) is 0 Å². The van der Waals surface area contributed by atoms with Gasteiger partial charge in [0.1, 0.15) is 19.1 Å². The molecule has 0 saturated heterocycles. The highest BCUT2D eigenvalue weighted by molar-refractivity contribution is 5.86. The van der Waals surface area contributed by atoms with Crippen LogP contribution in [-0.2, 0) is 11.5 Å². The summed E-state index contributed by atoms with van der Waals surface area (Å²) in [7, 11) is 1.55. The number of ether oxygens (including phenoxy) is 2. The van der Waals surface area contributed by atoms with Crippen molar-refractivity contribution in [1.82, 2.24) is 4.57 Å². The Balaban J connectivity index is 2.15.